The van der Waals surface area contributed by atoms with Crippen molar-refractivity contribution >= 4 is 21.6 Å². The summed E-state index contributed by atoms with van der Waals surface area (Å²) in [7, 11) is -3.02. The highest BCUT2D eigenvalue weighted by atomic mass is 32.2. The number of methoxy groups -OCH3 is 1. The average Bonchev–Trinajstić information content (AvgIpc) is 2.53. The molecule has 0 aliphatic heterocycles. The molecule has 0 heterocycles. The highest BCUT2D eigenvalue weighted by Crippen LogP contribution is 2.30. The van der Waals surface area contributed by atoms with Gasteiger partial charge >= 0.3 is 6.36 Å². The first-order valence-corrected chi connectivity index (χ1v) is 8.36. The zero-order chi connectivity index (χ0) is 19.5. The highest BCUT2D eigenvalue weighted by molar-refractivity contribution is 7.92. The number of hydrogen-bond acceptors (Lipinski definition) is 5. The number of anilines is 1. The SMILES string of the molecule is COc1ccc(C(N)=O)cc1NS(=O)(=O)c1cccc(OC(F)(F)F)c1. The lowest BCUT2D eigenvalue weighted by Crippen LogP contribution is -2.18. The van der Waals surface area contributed by atoms with Gasteiger partial charge in [0.15, 0.2) is 0 Å². The van der Waals surface area contributed by atoms with Crippen LogP contribution in [0.4, 0.5) is 18.9 Å². The zero-order valence-corrected chi connectivity index (χ0v) is 14.0. The predicted molar refractivity (Wildman–Crippen MR) is 85.4 cm³/mol. The third-order valence-corrected chi connectivity index (χ3v) is 4.44. The smallest absolute Gasteiger partial charge is 0.495 e. The number of nitrogens with two attached hydrogens (primary N) is 1. The predicted octanol–water partition coefficient (Wildman–Crippen LogP) is 2.49. The number of rotatable bonds is 6. The van der Waals surface area contributed by atoms with Gasteiger partial charge in [0.25, 0.3) is 10.0 Å². The molecule has 0 radical (unpaired) electrons. The first-order chi connectivity index (χ1) is 12.0. The molecular formula is C15H13F3N2O5S. The third kappa shape index (κ3) is 4.79. The molecule has 2 aromatic carbocycles. The van der Waals surface area contributed by atoms with Crippen LogP contribution in [0.3, 0.4) is 0 Å². The Morgan fingerprint density at radius 3 is 2.42 bits per heavy atom. The van der Waals surface area contributed by atoms with Crippen LogP contribution in [0.15, 0.2) is 47.4 Å². The lowest BCUT2D eigenvalue weighted by atomic mass is 10.2. The molecule has 26 heavy (non-hydrogen) atoms. The third-order valence-electron chi connectivity index (χ3n) is 3.08. The normalized spacial score (nSPS) is 11.7. The van der Waals surface area contributed by atoms with Crippen LogP contribution in [0.5, 0.6) is 11.5 Å². The number of amides is 1. The van der Waals surface area contributed by atoms with Gasteiger partial charge in [-0.25, -0.2) is 8.42 Å². The zero-order valence-electron chi connectivity index (χ0n) is 13.2. The number of sulfonamides is 1. The van der Waals surface area contributed by atoms with Crippen molar-refractivity contribution in [1.82, 2.24) is 0 Å². The molecule has 0 unspecified atom stereocenters. The maximum absolute atomic E-state index is 12.4. The molecule has 0 spiro atoms. The van der Waals surface area contributed by atoms with E-state index in [1.165, 1.54) is 19.2 Å². The Morgan fingerprint density at radius 1 is 1.15 bits per heavy atom. The Bertz CT molecular complexity index is 929. The van der Waals surface area contributed by atoms with Crippen LogP contribution in [0, 0.1) is 0 Å². The topological polar surface area (TPSA) is 108 Å². The molecule has 0 saturated carbocycles. The standard InChI is InChI=1S/C15H13F3N2O5S/c1-24-13-6-5-9(14(19)21)7-12(13)20-26(22,23)11-4-2-3-10(8-11)25-15(16,17)18/h2-8,20H,1H3,(H2,19,21). The number of benzene rings is 2. The van der Waals surface area contributed by atoms with Crippen LogP contribution >= 0.6 is 0 Å². The van der Waals surface area contributed by atoms with E-state index in [0.717, 1.165) is 24.3 Å². The van der Waals surface area contributed by atoms with E-state index in [-0.39, 0.29) is 17.0 Å². The summed E-state index contributed by atoms with van der Waals surface area (Å²) in [5.74, 6) is -1.41. The van der Waals surface area contributed by atoms with Gasteiger partial charge < -0.3 is 15.2 Å². The monoisotopic (exact) mass is 390 g/mol. The van der Waals surface area contributed by atoms with Crippen molar-refractivity contribution in [3.63, 3.8) is 0 Å². The number of carbonyl (C=O) groups excluding carboxylic acids is 1. The van der Waals surface area contributed by atoms with Crippen molar-refractivity contribution in [3.8, 4) is 11.5 Å². The van der Waals surface area contributed by atoms with E-state index < -0.39 is 32.9 Å². The highest BCUT2D eigenvalue weighted by Gasteiger charge is 2.31. The van der Waals surface area contributed by atoms with E-state index in [0.29, 0.717) is 6.07 Å². The quantitative estimate of drug-likeness (QED) is 0.788. The van der Waals surface area contributed by atoms with E-state index in [4.69, 9.17) is 10.5 Å². The number of halogens is 3. The second-order valence-electron chi connectivity index (χ2n) is 4.91. The number of nitrogens with one attached hydrogen (secondary N) is 1. The van der Waals surface area contributed by atoms with Gasteiger partial charge in [-0.15, -0.1) is 13.2 Å². The summed E-state index contributed by atoms with van der Waals surface area (Å²) in [5, 5.41) is 0. The molecule has 11 heteroatoms. The summed E-state index contributed by atoms with van der Waals surface area (Å²) in [4.78, 5) is 10.8. The van der Waals surface area contributed by atoms with Gasteiger partial charge in [0.05, 0.1) is 17.7 Å². The van der Waals surface area contributed by atoms with E-state index in [9.17, 15) is 26.4 Å². The van der Waals surface area contributed by atoms with Gasteiger partial charge in [0, 0.05) is 11.6 Å². The molecule has 2 aromatic rings. The molecule has 140 valence electrons. The van der Waals surface area contributed by atoms with Crippen molar-refractivity contribution in [2.24, 2.45) is 5.73 Å². The van der Waals surface area contributed by atoms with Crippen LogP contribution in [0.25, 0.3) is 0 Å². The largest absolute Gasteiger partial charge is 0.573 e. The van der Waals surface area contributed by atoms with Crippen LogP contribution in [0.2, 0.25) is 0 Å². The second kappa shape index (κ2) is 7.12. The van der Waals surface area contributed by atoms with Crippen molar-refractivity contribution in [1.29, 1.82) is 0 Å². The fourth-order valence-corrected chi connectivity index (χ4v) is 3.08. The first kappa shape index (κ1) is 19.4. The van der Waals surface area contributed by atoms with Crippen molar-refractivity contribution in [2.45, 2.75) is 11.3 Å². The number of alkyl halides is 3. The molecule has 0 saturated heterocycles. The van der Waals surface area contributed by atoms with Crippen LogP contribution in [-0.2, 0) is 10.0 Å². The molecule has 7 nitrogen and oxygen atoms in total. The molecule has 3 N–H and O–H groups in total. The van der Waals surface area contributed by atoms with Gasteiger partial charge in [0.1, 0.15) is 11.5 Å². The second-order valence-corrected chi connectivity index (χ2v) is 6.59. The Balaban J connectivity index is 2.39. The van der Waals surface area contributed by atoms with E-state index >= 15 is 0 Å². The van der Waals surface area contributed by atoms with Gasteiger partial charge in [-0.3, -0.25) is 9.52 Å². The van der Waals surface area contributed by atoms with Crippen molar-refractivity contribution in [3.05, 3.63) is 48.0 Å². The molecule has 0 atom stereocenters. The van der Waals surface area contributed by atoms with E-state index in [1.54, 1.807) is 0 Å². The summed E-state index contributed by atoms with van der Waals surface area (Å²) in [6.45, 7) is 0. The molecule has 0 aliphatic carbocycles. The summed E-state index contributed by atoms with van der Waals surface area (Å²) >= 11 is 0. The lowest BCUT2D eigenvalue weighted by molar-refractivity contribution is -0.274. The molecule has 2 rings (SSSR count). The Hall–Kier alpha value is -2.95. The number of hydrogen-bond donors (Lipinski definition) is 2. The molecule has 0 aliphatic rings. The lowest BCUT2D eigenvalue weighted by Gasteiger charge is -2.14. The Morgan fingerprint density at radius 2 is 1.85 bits per heavy atom. The molecule has 0 bridgehead atoms. The van der Waals surface area contributed by atoms with Gasteiger partial charge in [-0.05, 0) is 30.3 Å². The van der Waals surface area contributed by atoms with E-state index in [1.807, 2.05) is 0 Å². The summed E-state index contributed by atoms with van der Waals surface area (Å²) in [5.41, 5.74) is 5.05. The Labute approximate surface area is 146 Å². The number of ether oxygens (including phenoxy) is 2. The summed E-state index contributed by atoms with van der Waals surface area (Å²) < 4.78 is 72.6. The summed E-state index contributed by atoms with van der Waals surface area (Å²) in [6, 6.07) is 7.64. The van der Waals surface area contributed by atoms with Gasteiger partial charge in [-0.1, -0.05) is 6.07 Å². The van der Waals surface area contributed by atoms with Crippen molar-refractivity contribution < 1.29 is 35.9 Å². The maximum Gasteiger partial charge on any atom is 0.573 e. The molecular weight excluding hydrogens is 377 g/mol. The molecule has 0 fully saturated rings. The summed E-state index contributed by atoms with van der Waals surface area (Å²) in [6.07, 6.45) is -4.96. The fraction of sp³-hybridized carbons (Fsp3) is 0.133. The van der Waals surface area contributed by atoms with Crippen molar-refractivity contribution in [2.75, 3.05) is 11.8 Å². The fourth-order valence-electron chi connectivity index (χ4n) is 1.98. The maximum atomic E-state index is 12.4. The van der Waals surface area contributed by atoms with E-state index in [2.05, 4.69) is 9.46 Å². The van der Waals surface area contributed by atoms with Crippen LogP contribution in [-0.4, -0.2) is 27.8 Å². The molecule has 0 aromatic heterocycles. The van der Waals surface area contributed by atoms with Crippen LogP contribution in [0.1, 0.15) is 10.4 Å². The minimum Gasteiger partial charge on any atom is -0.495 e. The van der Waals surface area contributed by atoms with Gasteiger partial charge in [-0.2, -0.15) is 0 Å². The van der Waals surface area contributed by atoms with Crippen LogP contribution < -0.4 is 19.9 Å². The Kier molecular flexibility index (Phi) is 5.30. The molecule has 1 amide bonds. The van der Waals surface area contributed by atoms with Gasteiger partial charge in [0.2, 0.25) is 5.91 Å². The minimum absolute atomic E-state index is 0.0117. The minimum atomic E-state index is -4.96. The number of primary amides is 1. The number of carbonyl (C=O) groups is 1. The first-order valence-electron chi connectivity index (χ1n) is 6.88. The average molecular weight is 390 g/mol.